The number of nitrogens with zero attached hydrogens (tertiary/aromatic N) is 1. The van der Waals surface area contributed by atoms with Crippen molar-refractivity contribution >= 4 is 21.6 Å². The maximum Gasteiger partial charge on any atom is 0.255 e. The van der Waals surface area contributed by atoms with Crippen LogP contribution in [0.2, 0.25) is 0 Å². The van der Waals surface area contributed by atoms with Crippen molar-refractivity contribution in [3.63, 3.8) is 0 Å². The van der Waals surface area contributed by atoms with E-state index in [4.69, 9.17) is 5.14 Å². The molecule has 0 bridgehead atoms. The predicted octanol–water partition coefficient (Wildman–Crippen LogP) is 3.44. The first-order valence-electron chi connectivity index (χ1n) is 9.75. The molecule has 1 unspecified atom stereocenters. The average Bonchev–Trinajstić information content (AvgIpc) is 2.88. The van der Waals surface area contributed by atoms with E-state index in [0.29, 0.717) is 17.5 Å². The third kappa shape index (κ3) is 4.82. The van der Waals surface area contributed by atoms with Gasteiger partial charge in [-0.25, -0.2) is 18.5 Å². The van der Waals surface area contributed by atoms with Crippen LogP contribution in [-0.2, 0) is 14.8 Å². The highest BCUT2D eigenvalue weighted by atomic mass is 32.2. The first kappa shape index (κ1) is 19.3. The summed E-state index contributed by atoms with van der Waals surface area (Å²) >= 11 is 0. The Bertz CT molecular complexity index is 729. The largest absolute Gasteiger partial charge is 0.326 e. The van der Waals surface area contributed by atoms with E-state index in [0.717, 1.165) is 19.3 Å². The molecule has 7 heteroatoms. The van der Waals surface area contributed by atoms with Gasteiger partial charge in [-0.3, -0.25) is 4.79 Å². The normalized spacial score (nSPS) is 25.4. The smallest absolute Gasteiger partial charge is 0.255 e. The Morgan fingerprint density at radius 2 is 1.69 bits per heavy atom. The molecule has 2 aliphatic rings. The van der Waals surface area contributed by atoms with Gasteiger partial charge in [0.15, 0.2) is 5.03 Å². The Labute approximate surface area is 156 Å². The van der Waals surface area contributed by atoms with Gasteiger partial charge in [-0.05, 0) is 30.7 Å². The van der Waals surface area contributed by atoms with E-state index in [-0.39, 0.29) is 16.9 Å². The predicted molar refractivity (Wildman–Crippen MR) is 101 cm³/mol. The lowest BCUT2D eigenvalue weighted by Gasteiger charge is -2.34. The fraction of sp³-hybridized carbons (Fsp3) is 0.684. The average molecular weight is 380 g/mol. The number of carbonyl (C=O) groups is 1. The summed E-state index contributed by atoms with van der Waals surface area (Å²) in [6.07, 6.45) is 13.2. The van der Waals surface area contributed by atoms with Crippen LogP contribution in [0.25, 0.3) is 0 Å². The summed E-state index contributed by atoms with van der Waals surface area (Å²) in [5, 5.41) is 7.84. The van der Waals surface area contributed by atoms with Gasteiger partial charge in [0.1, 0.15) is 0 Å². The van der Waals surface area contributed by atoms with Crippen molar-refractivity contribution in [1.29, 1.82) is 0 Å². The van der Waals surface area contributed by atoms with Crippen molar-refractivity contribution in [3.05, 3.63) is 18.3 Å². The minimum Gasteiger partial charge on any atom is -0.326 e. The van der Waals surface area contributed by atoms with Crippen molar-refractivity contribution in [2.75, 3.05) is 5.32 Å². The Morgan fingerprint density at radius 1 is 1.04 bits per heavy atom. The zero-order valence-electron chi connectivity index (χ0n) is 15.2. The van der Waals surface area contributed by atoms with E-state index in [1.807, 2.05) is 0 Å². The fourth-order valence-corrected chi connectivity index (χ4v) is 5.17. The van der Waals surface area contributed by atoms with E-state index in [2.05, 4.69) is 10.3 Å². The summed E-state index contributed by atoms with van der Waals surface area (Å²) in [4.78, 5) is 16.8. The lowest BCUT2D eigenvalue weighted by Crippen LogP contribution is -2.34. The van der Waals surface area contributed by atoms with Gasteiger partial charge in [0.05, 0.1) is 0 Å². The van der Waals surface area contributed by atoms with E-state index >= 15 is 0 Å². The summed E-state index contributed by atoms with van der Waals surface area (Å²) in [5.41, 5.74) is 0.445. The van der Waals surface area contributed by atoms with E-state index in [9.17, 15) is 13.2 Å². The van der Waals surface area contributed by atoms with Crippen LogP contribution in [-0.4, -0.2) is 19.3 Å². The van der Waals surface area contributed by atoms with E-state index < -0.39 is 10.0 Å². The number of rotatable bonds is 4. The molecule has 1 heterocycles. The fourth-order valence-electron chi connectivity index (χ4n) is 4.67. The van der Waals surface area contributed by atoms with Gasteiger partial charge in [-0.2, -0.15) is 0 Å². The second-order valence-corrected chi connectivity index (χ2v) is 9.23. The molecule has 3 rings (SSSR count). The number of aromatic nitrogens is 1. The molecule has 0 aliphatic heterocycles. The Hall–Kier alpha value is -1.47. The second kappa shape index (κ2) is 8.48. The zero-order chi connectivity index (χ0) is 18.6. The van der Waals surface area contributed by atoms with Crippen LogP contribution in [0.5, 0.6) is 0 Å². The quantitative estimate of drug-likeness (QED) is 0.782. The highest BCUT2D eigenvalue weighted by molar-refractivity contribution is 7.89. The summed E-state index contributed by atoms with van der Waals surface area (Å²) in [7, 11) is -3.88. The summed E-state index contributed by atoms with van der Waals surface area (Å²) < 4.78 is 23.0. The first-order valence-corrected chi connectivity index (χ1v) is 11.3. The van der Waals surface area contributed by atoms with Gasteiger partial charge >= 0.3 is 0 Å². The number of nitrogens with two attached hydrogens (primary N) is 1. The molecule has 0 spiro atoms. The molecule has 0 saturated heterocycles. The number of sulfonamides is 1. The second-order valence-electron chi connectivity index (χ2n) is 7.72. The lowest BCUT2D eigenvalue weighted by atomic mass is 9.71. The third-order valence-corrected chi connectivity index (χ3v) is 6.76. The van der Waals surface area contributed by atoms with Crippen molar-refractivity contribution in [2.45, 2.75) is 69.2 Å². The minimum absolute atomic E-state index is 0.00620. The molecule has 1 aromatic heterocycles. The number of anilines is 1. The van der Waals surface area contributed by atoms with Crippen LogP contribution in [0, 0.1) is 17.8 Å². The standard InChI is InChI=1S/C19H29N3O3S/c20-26(24,25)18-13-15(11-12-21-18)22-19(23)17-10-6-2-5-9-16(17)14-7-3-1-4-8-14/h11-14,16-17H,1-10H2,(H2,20,24,25)(H,21,22,23)/t16?,17-/m1/s1. The van der Waals surface area contributed by atoms with Gasteiger partial charge < -0.3 is 5.32 Å². The van der Waals surface area contributed by atoms with E-state index in [1.54, 1.807) is 6.07 Å². The monoisotopic (exact) mass is 379 g/mol. The molecule has 3 N–H and O–H groups in total. The molecule has 2 saturated carbocycles. The molecule has 2 aliphatic carbocycles. The number of hydrogen-bond acceptors (Lipinski definition) is 4. The number of hydrogen-bond donors (Lipinski definition) is 2. The number of pyridine rings is 1. The van der Waals surface area contributed by atoms with Crippen LogP contribution in [0.15, 0.2) is 23.4 Å². The first-order chi connectivity index (χ1) is 12.4. The molecule has 1 aromatic rings. The van der Waals surface area contributed by atoms with E-state index in [1.165, 1.54) is 57.2 Å². The molecule has 1 amide bonds. The minimum atomic E-state index is -3.88. The molecule has 2 atom stereocenters. The third-order valence-electron chi connectivity index (χ3n) is 5.96. The van der Waals surface area contributed by atoms with Gasteiger partial charge in [0, 0.05) is 23.9 Å². The van der Waals surface area contributed by atoms with Gasteiger partial charge in [0.25, 0.3) is 10.0 Å². The van der Waals surface area contributed by atoms with Crippen molar-refractivity contribution < 1.29 is 13.2 Å². The lowest BCUT2D eigenvalue weighted by molar-refractivity contribution is -0.122. The molecular formula is C19H29N3O3S. The number of nitrogens with one attached hydrogen (secondary N) is 1. The molecular weight excluding hydrogens is 350 g/mol. The van der Waals surface area contributed by atoms with Crippen molar-refractivity contribution in [1.82, 2.24) is 4.98 Å². The molecule has 0 radical (unpaired) electrons. The Morgan fingerprint density at radius 3 is 2.38 bits per heavy atom. The van der Waals surface area contributed by atoms with Crippen LogP contribution in [0.1, 0.15) is 64.2 Å². The highest BCUT2D eigenvalue weighted by Crippen LogP contribution is 2.41. The van der Waals surface area contributed by atoms with Gasteiger partial charge in [-0.1, -0.05) is 51.4 Å². The molecule has 0 aromatic carbocycles. The topological polar surface area (TPSA) is 102 Å². The van der Waals surface area contributed by atoms with Gasteiger partial charge in [-0.15, -0.1) is 0 Å². The van der Waals surface area contributed by atoms with Crippen LogP contribution in [0.3, 0.4) is 0 Å². The molecule has 2 fully saturated rings. The zero-order valence-corrected chi connectivity index (χ0v) is 16.0. The van der Waals surface area contributed by atoms with Crippen LogP contribution in [0.4, 0.5) is 5.69 Å². The van der Waals surface area contributed by atoms with Crippen LogP contribution >= 0.6 is 0 Å². The molecule has 144 valence electrons. The van der Waals surface area contributed by atoms with Crippen molar-refractivity contribution in [2.24, 2.45) is 22.9 Å². The van der Waals surface area contributed by atoms with Crippen molar-refractivity contribution in [3.8, 4) is 0 Å². The van der Waals surface area contributed by atoms with Gasteiger partial charge in [0.2, 0.25) is 5.91 Å². The molecule has 26 heavy (non-hydrogen) atoms. The summed E-state index contributed by atoms with van der Waals surface area (Å²) in [6, 6.07) is 2.94. The summed E-state index contributed by atoms with van der Waals surface area (Å²) in [5.74, 6) is 1.10. The summed E-state index contributed by atoms with van der Waals surface area (Å²) in [6.45, 7) is 0. The highest BCUT2D eigenvalue weighted by Gasteiger charge is 2.35. The SMILES string of the molecule is NS(=O)(=O)c1cc(NC(=O)[C@@H]2CCCCCC2C2CCCCC2)ccn1. The number of carbonyl (C=O) groups excluding carboxylic acids is 1. The maximum absolute atomic E-state index is 13.0. The Balaban J connectivity index is 1.75. The Kier molecular flexibility index (Phi) is 6.29. The maximum atomic E-state index is 13.0. The number of primary sulfonamides is 1. The molecule has 6 nitrogen and oxygen atoms in total. The van der Waals surface area contributed by atoms with Crippen LogP contribution < -0.4 is 10.5 Å². The number of amides is 1.